The minimum atomic E-state index is -0.454. The normalized spacial score (nSPS) is 13.6. The highest BCUT2D eigenvalue weighted by molar-refractivity contribution is 6.04. The van der Waals surface area contributed by atoms with Crippen LogP contribution in [-0.4, -0.2) is 0 Å². The Morgan fingerprint density at radius 2 is 0.952 bits per heavy atom. The van der Waals surface area contributed by atoms with E-state index in [0.29, 0.717) is 0 Å². The SMILES string of the molecule is c1ccc(C2(c3ccccc3-c3ccc4c(c3)-c3cccc5cccc(c35)O4)c3ccccc3-c3ccccc32)cc1. The van der Waals surface area contributed by atoms with Crippen molar-refractivity contribution in [2.24, 2.45) is 0 Å². The first-order valence-electron chi connectivity index (χ1n) is 14.5. The molecule has 1 nitrogen and oxygen atoms in total. The highest BCUT2D eigenvalue weighted by Crippen LogP contribution is 2.58. The van der Waals surface area contributed by atoms with Crippen molar-refractivity contribution in [2.45, 2.75) is 5.41 Å². The van der Waals surface area contributed by atoms with Crippen molar-refractivity contribution >= 4 is 10.8 Å². The van der Waals surface area contributed by atoms with Crippen molar-refractivity contribution in [2.75, 3.05) is 0 Å². The number of rotatable bonds is 3. The molecule has 0 N–H and O–H groups in total. The van der Waals surface area contributed by atoms with Crippen LogP contribution in [0.25, 0.3) is 44.2 Å². The second kappa shape index (κ2) is 8.80. The van der Waals surface area contributed by atoms with Gasteiger partial charge in [-0.1, -0.05) is 140 Å². The predicted octanol–water partition coefficient (Wildman–Crippen LogP) is 10.6. The molecule has 0 fully saturated rings. The van der Waals surface area contributed by atoms with Gasteiger partial charge in [-0.05, 0) is 73.7 Å². The molecule has 0 unspecified atom stereocenters. The maximum atomic E-state index is 6.45. The zero-order valence-electron chi connectivity index (χ0n) is 22.9. The molecule has 1 heteroatoms. The second-order valence-electron chi connectivity index (χ2n) is 11.2. The lowest BCUT2D eigenvalue weighted by Crippen LogP contribution is -2.29. The van der Waals surface area contributed by atoms with E-state index in [1.165, 1.54) is 60.8 Å². The van der Waals surface area contributed by atoms with Gasteiger partial charge in [-0.3, -0.25) is 0 Å². The van der Waals surface area contributed by atoms with Gasteiger partial charge in [-0.2, -0.15) is 0 Å². The smallest absolute Gasteiger partial charge is 0.135 e. The van der Waals surface area contributed by atoms with E-state index in [4.69, 9.17) is 4.74 Å². The Morgan fingerprint density at radius 3 is 1.67 bits per heavy atom. The van der Waals surface area contributed by atoms with Gasteiger partial charge in [0.15, 0.2) is 0 Å². The molecule has 0 saturated heterocycles. The molecule has 1 heterocycles. The van der Waals surface area contributed by atoms with Crippen LogP contribution in [-0.2, 0) is 5.41 Å². The third kappa shape index (κ3) is 3.08. The van der Waals surface area contributed by atoms with Crippen LogP contribution in [0.5, 0.6) is 11.5 Å². The third-order valence-electron chi connectivity index (χ3n) is 9.16. The Balaban J connectivity index is 1.34. The molecule has 0 radical (unpaired) electrons. The van der Waals surface area contributed by atoms with Crippen molar-refractivity contribution in [3.05, 3.63) is 180 Å². The van der Waals surface area contributed by atoms with Gasteiger partial charge in [0, 0.05) is 10.9 Å². The molecule has 0 bridgehead atoms. The molecular formula is C41H26O. The van der Waals surface area contributed by atoms with Crippen LogP contribution in [0.3, 0.4) is 0 Å². The second-order valence-corrected chi connectivity index (χ2v) is 11.2. The molecule has 2 aliphatic rings. The monoisotopic (exact) mass is 534 g/mol. The Labute approximate surface area is 245 Å². The molecule has 9 rings (SSSR count). The van der Waals surface area contributed by atoms with E-state index in [1.807, 2.05) is 0 Å². The van der Waals surface area contributed by atoms with Gasteiger partial charge in [0.25, 0.3) is 0 Å². The van der Waals surface area contributed by atoms with E-state index in [0.717, 1.165) is 17.1 Å². The van der Waals surface area contributed by atoms with Crippen LogP contribution in [0, 0.1) is 0 Å². The number of fused-ring (bicyclic) bond motifs is 5. The molecule has 7 aromatic rings. The zero-order chi connectivity index (χ0) is 27.7. The molecule has 1 aliphatic carbocycles. The molecule has 196 valence electrons. The van der Waals surface area contributed by atoms with Crippen LogP contribution in [0.15, 0.2) is 158 Å². The molecule has 0 spiro atoms. The van der Waals surface area contributed by atoms with E-state index >= 15 is 0 Å². The summed E-state index contributed by atoms with van der Waals surface area (Å²) in [6, 6.07) is 57.3. The highest BCUT2D eigenvalue weighted by Gasteiger charge is 2.46. The Kier molecular flexibility index (Phi) is 4.88. The lowest BCUT2D eigenvalue weighted by molar-refractivity contribution is 0.487. The number of hydrogen-bond donors (Lipinski definition) is 0. The molecular weight excluding hydrogens is 508 g/mol. The number of benzene rings is 7. The molecule has 0 saturated carbocycles. The van der Waals surface area contributed by atoms with E-state index in [1.54, 1.807) is 0 Å². The van der Waals surface area contributed by atoms with Gasteiger partial charge in [0.1, 0.15) is 11.5 Å². The Hall–Kier alpha value is -5.40. The number of ether oxygens (including phenoxy) is 1. The Bertz CT molecular complexity index is 2120. The maximum Gasteiger partial charge on any atom is 0.135 e. The van der Waals surface area contributed by atoms with Gasteiger partial charge in [-0.25, -0.2) is 0 Å². The lowest BCUT2D eigenvalue weighted by Gasteiger charge is -2.35. The summed E-state index contributed by atoms with van der Waals surface area (Å²) >= 11 is 0. The molecule has 0 aromatic heterocycles. The summed E-state index contributed by atoms with van der Waals surface area (Å²) in [5.74, 6) is 1.82. The van der Waals surface area contributed by atoms with E-state index in [-0.39, 0.29) is 0 Å². The first-order valence-corrected chi connectivity index (χ1v) is 14.5. The first kappa shape index (κ1) is 23.3. The van der Waals surface area contributed by atoms with Crippen LogP contribution in [0.1, 0.15) is 22.3 Å². The number of hydrogen-bond acceptors (Lipinski definition) is 1. The van der Waals surface area contributed by atoms with Crippen molar-refractivity contribution in [3.63, 3.8) is 0 Å². The average Bonchev–Trinajstić information content (AvgIpc) is 3.36. The van der Waals surface area contributed by atoms with Crippen molar-refractivity contribution in [1.29, 1.82) is 0 Å². The van der Waals surface area contributed by atoms with Gasteiger partial charge in [0.05, 0.1) is 5.41 Å². The Morgan fingerprint density at radius 1 is 0.381 bits per heavy atom. The quantitative estimate of drug-likeness (QED) is 0.219. The molecule has 7 aromatic carbocycles. The predicted molar refractivity (Wildman–Crippen MR) is 172 cm³/mol. The van der Waals surface area contributed by atoms with Gasteiger partial charge < -0.3 is 4.74 Å². The summed E-state index contributed by atoms with van der Waals surface area (Å²) in [4.78, 5) is 0. The van der Waals surface area contributed by atoms with Crippen LogP contribution in [0.4, 0.5) is 0 Å². The third-order valence-corrected chi connectivity index (χ3v) is 9.16. The lowest BCUT2D eigenvalue weighted by atomic mass is 9.66. The summed E-state index contributed by atoms with van der Waals surface area (Å²) in [6.07, 6.45) is 0. The van der Waals surface area contributed by atoms with Crippen LogP contribution in [0.2, 0.25) is 0 Å². The van der Waals surface area contributed by atoms with Crippen molar-refractivity contribution in [3.8, 4) is 44.9 Å². The van der Waals surface area contributed by atoms with E-state index < -0.39 is 5.41 Å². The van der Waals surface area contributed by atoms with Gasteiger partial charge in [-0.15, -0.1) is 0 Å². The summed E-state index contributed by atoms with van der Waals surface area (Å²) < 4.78 is 6.45. The standard InChI is InChI=1S/C41H26O/c1-2-14-29(15-3-1)41(36-21-8-5-17-31(36)32-18-6-9-22-37(32)41)35-20-7-4-16-30(35)28-24-25-38-34(26-28)33-19-10-12-27-13-11-23-39(42-38)40(27)33/h1-26H. The zero-order valence-corrected chi connectivity index (χ0v) is 22.9. The first-order chi connectivity index (χ1) is 20.8. The minimum absolute atomic E-state index is 0.454. The summed E-state index contributed by atoms with van der Waals surface area (Å²) in [7, 11) is 0. The van der Waals surface area contributed by atoms with E-state index in [9.17, 15) is 0 Å². The van der Waals surface area contributed by atoms with Crippen LogP contribution < -0.4 is 4.74 Å². The van der Waals surface area contributed by atoms with E-state index in [2.05, 4.69) is 158 Å². The topological polar surface area (TPSA) is 9.23 Å². The van der Waals surface area contributed by atoms with Crippen molar-refractivity contribution < 1.29 is 4.74 Å². The van der Waals surface area contributed by atoms with Gasteiger partial charge in [0.2, 0.25) is 0 Å². The molecule has 42 heavy (non-hydrogen) atoms. The fourth-order valence-electron chi connectivity index (χ4n) is 7.47. The minimum Gasteiger partial charge on any atom is -0.456 e. The van der Waals surface area contributed by atoms with Gasteiger partial charge >= 0.3 is 0 Å². The average molecular weight is 535 g/mol. The fourth-order valence-corrected chi connectivity index (χ4v) is 7.47. The largest absolute Gasteiger partial charge is 0.456 e. The fraction of sp³-hybridized carbons (Fsp3) is 0.0244. The highest BCUT2D eigenvalue weighted by atomic mass is 16.5. The maximum absolute atomic E-state index is 6.45. The summed E-state index contributed by atoms with van der Waals surface area (Å²) in [5, 5.41) is 2.38. The van der Waals surface area contributed by atoms with Crippen LogP contribution >= 0.6 is 0 Å². The summed E-state index contributed by atoms with van der Waals surface area (Å²) in [6.45, 7) is 0. The molecule has 0 atom stereocenters. The summed E-state index contributed by atoms with van der Waals surface area (Å²) in [5.41, 5.74) is 12.1. The molecule has 0 amide bonds. The van der Waals surface area contributed by atoms with Crippen molar-refractivity contribution in [1.82, 2.24) is 0 Å². The molecule has 1 aliphatic heterocycles.